The molecule has 0 aromatic rings. The first-order chi connectivity index (χ1) is 13.4. The second-order valence-corrected chi connectivity index (χ2v) is 10.1. The highest BCUT2D eigenvalue weighted by molar-refractivity contribution is 5.82. The van der Waals surface area contributed by atoms with Crippen LogP contribution in [0.15, 0.2) is 0 Å². The fourth-order valence-electron chi connectivity index (χ4n) is 6.25. The van der Waals surface area contributed by atoms with E-state index in [1.165, 1.54) is 25.8 Å². The van der Waals surface area contributed by atoms with Crippen molar-refractivity contribution in [1.29, 1.82) is 0 Å². The maximum atomic E-state index is 14.3. The van der Waals surface area contributed by atoms with Crippen molar-refractivity contribution in [2.45, 2.75) is 94.7 Å². The first kappa shape index (κ1) is 20.5. The molecule has 2 aliphatic heterocycles. The van der Waals surface area contributed by atoms with Gasteiger partial charge >= 0.3 is 0 Å². The quantitative estimate of drug-likeness (QED) is 0.767. The fourth-order valence-corrected chi connectivity index (χ4v) is 6.25. The van der Waals surface area contributed by atoms with Gasteiger partial charge in [0.15, 0.2) is 0 Å². The molecule has 8 atom stereocenters. The van der Waals surface area contributed by atoms with Gasteiger partial charge in [-0.1, -0.05) is 6.92 Å². The van der Waals surface area contributed by atoms with Crippen LogP contribution in [0.25, 0.3) is 0 Å². The number of halogens is 1. The minimum Gasteiger partial charge on any atom is -0.352 e. The predicted molar refractivity (Wildman–Crippen MR) is 110 cm³/mol. The molecule has 2 N–H and O–H groups in total. The van der Waals surface area contributed by atoms with E-state index in [1.54, 1.807) is 0 Å². The average Bonchev–Trinajstić information content (AvgIpc) is 3.33. The van der Waals surface area contributed by atoms with Crippen LogP contribution in [-0.2, 0) is 4.79 Å². The van der Waals surface area contributed by atoms with E-state index in [9.17, 15) is 9.18 Å². The van der Waals surface area contributed by atoms with Crippen molar-refractivity contribution in [2.75, 3.05) is 27.2 Å². The molecule has 0 radical (unpaired) electrons. The van der Waals surface area contributed by atoms with Gasteiger partial charge in [0.1, 0.15) is 6.17 Å². The highest BCUT2D eigenvalue weighted by Crippen LogP contribution is 2.38. The number of likely N-dealkylation sites (N-methyl/N-ethyl adjacent to an activating group) is 1. The maximum Gasteiger partial charge on any atom is 0.237 e. The van der Waals surface area contributed by atoms with Gasteiger partial charge in [-0.3, -0.25) is 9.69 Å². The summed E-state index contributed by atoms with van der Waals surface area (Å²) >= 11 is 0. The summed E-state index contributed by atoms with van der Waals surface area (Å²) in [7, 11) is 4.35. The number of fused-ring (bicyclic) bond motifs is 1. The highest BCUT2D eigenvalue weighted by atomic mass is 19.1. The number of nitrogens with one attached hydrogen (secondary N) is 2. The van der Waals surface area contributed by atoms with Crippen LogP contribution in [0.4, 0.5) is 4.39 Å². The van der Waals surface area contributed by atoms with Gasteiger partial charge < -0.3 is 15.5 Å². The lowest BCUT2D eigenvalue weighted by molar-refractivity contribution is -0.124. The van der Waals surface area contributed by atoms with Gasteiger partial charge in [-0.15, -0.1) is 0 Å². The third-order valence-corrected chi connectivity index (χ3v) is 8.09. The van der Waals surface area contributed by atoms with E-state index in [0.717, 1.165) is 25.8 Å². The monoisotopic (exact) mass is 394 g/mol. The van der Waals surface area contributed by atoms with Gasteiger partial charge in [-0.05, 0) is 71.4 Å². The highest BCUT2D eigenvalue weighted by Gasteiger charge is 2.46. The predicted octanol–water partition coefficient (Wildman–Crippen LogP) is 2.16. The third kappa shape index (κ3) is 4.24. The largest absolute Gasteiger partial charge is 0.352 e. The second-order valence-electron chi connectivity index (χ2n) is 10.1. The van der Waals surface area contributed by atoms with Crippen molar-refractivity contribution in [3.05, 3.63) is 0 Å². The molecule has 28 heavy (non-hydrogen) atoms. The lowest BCUT2D eigenvalue weighted by atomic mass is 9.77. The van der Waals surface area contributed by atoms with Crippen LogP contribution in [0.1, 0.15) is 58.3 Å². The summed E-state index contributed by atoms with van der Waals surface area (Å²) in [4.78, 5) is 17.9. The Hall–Kier alpha value is -0.720. The molecule has 0 bridgehead atoms. The Labute approximate surface area is 169 Å². The summed E-state index contributed by atoms with van der Waals surface area (Å²) in [5.74, 6) is 0.590. The molecule has 5 nitrogen and oxygen atoms in total. The first-order valence-electron chi connectivity index (χ1n) is 11.5. The van der Waals surface area contributed by atoms with Gasteiger partial charge in [0.05, 0.1) is 6.04 Å². The van der Waals surface area contributed by atoms with Gasteiger partial charge in [0.25, 0.3) is 0 Å². The molecule has 7 unspecified atom stereocenters. The molecule has 2 aliphatic carbocycles. The molecule has 160 valence electrons. The Balaban J connectivity index is 1.29. The van der Waals surface area contributed by atoms with Gasteiger partial charge in [0, 0.05) is 43.2 Å². The molecule has 6 heteroatoms. The molecule has 4 fully saturated rings. The maximum absolute atomic E-state index is 14.3. The molecule has 0 aromatic carbocycles. The van der Waals surface area contributed by atoms with Crippen LogP contribution in [0, 0.1) is 11.8 Å². The molecule has 2 saturated carbocycles. The summed E-state index contributed by atoms with van der Waals surface area (Å²) < 4.78 is 14.3. The lowest BCUT2D eigenvalue weighted by Crippen LogP contribution is -2.51. The Morgan fingerprint density at radius 2 is 1.96 bits per heavy atom. The Bertz CT molecular complexity index is 541. The number of rotatable bonds is 4. The van der Waals surface area contributed by atoms with Gasteiger partial charge in [-0.25, -0.2) is 4.39 Å². The Morgan fingerprint density at radius 3 is 2.68 bits per heavy atom. The molecular formula is C22H39FN4O. The molecule has 0 aromatic heterocycles. The zero-order chi connectivity index (χ0) is 19.8. The SMILES string of the molecule is CC1CCC(F)C2CC(C(=O)NC3CCCC(N4CC[C@H](N(C)C)C4)C3)NC12. The van der Waals surface area contributed by atoms with E-state index in [4.69, 9.17) is 0 Å². The zero-order valence-corrected chi connectivity index (χ0v) is 17.9. The third-order valence-electron chi connectivity index (χ3n) is 8.09. The number of carbonyl (C=O) groups is 1. The minimum absolute atomic E-state index is 0.0196. The first-order valence-corrected chi connectivity index (χ1v) is 11.5. The van der Waals surface area contributed by atoms with Crippen molar-refractivity contribution in [3.63, 3.8) is 0 Å². The lowest BCUT2D eigenvalue weighted by Gasteiger charge is -2.36. The number of alkyl halides is 1. The zero-order valence-electron chi connectivity index (χ0n) is 17.9. The van der Waals surface area contributed by atoms with E-state index < -0.39 is 6.17 Å². The average molecular weight is 395 g/mol. The van der Waals surface area contributed by atoms with Crippen LogP contribution in [-0.4, -0.2) is 79.3 Å². The summed E-state index contributed by atoms with van der Waals surface area (Å²) in [6.45, 7) is 4.53. The van der Waals surface area contributed by atoms with Crippen LogP contribution in [0.3, 0.4) is 0 Å². The van der Waals surface area contributed by atoms with Crippen LogP contribution in [0.5, 0.6) is 0 Å². The van der Waals surface area contributed by atoms with Crippen molar-refractivity contribution in [2.24, 2.45) is 11.8 Å². The molecule has 4 rings (SSSR count). The van der Waals surface area contributed by atoms with Crippen molar-refractivity contribution in [3.8, 4) is 0 Å². The summed E-state index contributed by atoms with van der Waals surface area (Å²) in [6, 6.07) is 1.49. The minimum atomic E-state index is -0.745. The summed E-state index contributed by atoms with van der Waals surface area (Å²) in [5.41, 5.74) is 0. The van der Waals surface area contributed by atoms with E-state index in [-0.39, 0.29) is 30.0 Å². The normalized spacial score (nSPS) is 44.6. The summed E-state index contributed by atoms with van der Waals surface area (Å²) in [6.07, 6.45) is 7.33. The molecule has 1 amide bonds. The number of carbonyl (C=O) groups excluding carboxylic acids is 1. The fraction of sp³-hybridized carbons (Fsp3) is 0.955. The second kappa shape index (κ2) is 8.57. The van der Waals surface area contributed by atoms with Crippen LogP contribution < -0.4 is 10.6 Å². The number of hydrogen-bond donors (Lipinski definition) is 2. The topological polar surface area (TPSA) is 47.6 Å². The molecule has 4 aliphatic rings. The molecule has 2 heterocycles. The van der Waals surface area contributed by atoms with Crippen molar-refractivity contribution >= 4 is 5.91 Å². The van der Waals surface area contributed by atoms with Crippen LogP contribution in [0.2, 0.25) is 0 Å². The molecule has 2 saturated heterocycles. The van der Waals surface area contributed by atoms with Crippen molar-refractivity contribution < 1.29 is 9.18 Å². The number of hydrogen-bond acceptors (Lipinski definition) is 4. The van der Waals surface area contributed by atoms with Gasteiger partial charge in [0.2, 0.25) is 5.91 Å². The molecule has 0 spiro atoms. The Morgan fingerprint density at radius 1 is 1.14 bits per heavy atom. The van der Waals surface area contributed by atoms with Gasteiger partial charge in [-0.2, -0.15) is 0 Å². The number of nitrogens with zero attached hydrogens (tertiary/aromatic N) is 2. The van der Waals surface area contributed by atoms with E-state index >= 15 is 0 Å². The molecular weight excluding hydrogens is 355 g/mol. The number of likely N-dealkylation sites (tertiary alicyclic amines) is 1. The van der Waals surface area contributed by atoms with Crippen molar-refractivity contribution in [1.82, 2.24) is 20.4 Å². The van der Waals surface area contributed by atoms with E-state index in [1.807, 2.05) is 0 Å². The smallest absolute Gasteiger partial charge is 0.237 e. The summed E-state index contributed by atoms with van der Waals surface area (Å²) in [5, 5.41) is 6.81. The Kier molecular flexibility index (Phi) is 6.29. The van der Waals surface area contributed by atoms with Crippen LogP contribution >= 0.6 is 0 Å². The van der Waals surface area contributed by atoms with E-state index in [0.29, 0.717) is 30.8 Å². The van der Waals surface area contributed by atoms with E-state index in [2.05, 4.69) is 41.5 Å². The standard InChI is InChI=1S/C22H39FN4O/c1-14-7-8-19(23)18-12-20(25-21(14)18)22(28)24-15-5-4-6-16(11-15)27-10-9-17(13-27)26(2)3/h14-21,25H,4-13H2,1-3H3,(H,24,28)/t14?,15?,16?,17-,18?,19?,20?,21?/m0/s1. The number of amides is 1.